The lowest BCUT2D eigenvalue weighted by atomic mass is 9.83. The molecule has 4 aromatic rings. The van der Waals surface area contributed by atoms with Gasteiger partial charge in [0.15, 0.2) is 0 Å². The molecule has 4 aliphatic rings. The number of nitrogens with zero attached hydrogens (tertiary/aromatic N) is 4. The third-order valence-electron chi connectivity index (χ3n) is 17.1. The maximum atomic E-state index is 15.6. The fourth-order valence-corrected chi connectivity index (χ4v) is 12.3. The average molecular weight is 1120 g/mol. The van der Waals surface area contributed by atoms with Gasteiger partial charge >= 0.3 is 0 Å². The first-order valence-corrected chi connectivity index (χ1v) is 29.3. The molecule has 5 atom stereocenters. The molecule has 0 aromatic heterocycles. The molecular formula is C64H81F4N7O6. The molecule has 0 bridgehead atoms. The van der Waals surface area contributed by atoms with E-state index in [1.807, 2.05) is 60.7 Å². The van der Waals surface area contributed by atoms with Gasteiger partial charge in [-0.15, -0.1) is 0 Å². The Labute approximate surface area is 474 Å². The molecule has 13 nitrogen and oxygen atoms in total. The van der Waals surface area contributed by atoms with Gasteiger partial charge in [-0.05, 0) is 111 Å². The lowest BCUT2D eigenvalue weighted by Gasteiger charge is -2.36. The molecule has 8 rings (SSSR count). The van der Waals surface area contributed by atoms with E-state index in [9.17, 15) is 28.8 Å². The van der Waals surface area contributed by atoms with Crippen molar-refractivity contribution in [1.82, 2.24) is 35.6 Å². The summed E-state index contributed by atoms with van der Waals surface area (Å²) in [7, 11) is 1.64. The Balaban J connectivity index is 1.00. The molecule has 4 fully saturated rings. The van der Waals surface area contributed by atoms with Crippen LogP contribution in [0.25, 0.3) is 11.1 Å². The summed E-state index contributed by atoms with van der Waals surface area (Å²) >= 11 is 0. The highest BCUT2D eigenvalue weighted by Gasteiger charge is 2.52. The zero-order chi connectivity index (χ0) is 57.8. The summed E-state index contributed by atoms with van der Waals surface area (Å²) in [6.07, 6.45) is 7.89. The molecule has 436 valence electrons. The largest absolute Gasteiger partial charge is 0.344 e. The molecule has 81 heavy (non-hydrogen) atoms. The zero-order valence-corrected chi connectivity index (χ0v) is 47.4. The Kier molecular flexibility index (Phi) is 20.5. The van der Waals surface area contributed by atoms with Crippen molar-refractivity contribution in [2.45, 2.75) is 153 Å². The summed E-state index contributed by atoms with van der Waals surface area (Å²) in [6.45, 7) is 3.59. The van der Waals surface area contributed by atoms with E-state index in [2.05, 4.69) is 16.0 Å². The Morgan fingerprint density at radius 3 is 1.26 bits per heavy atom. The Morgan fingerprint density at radius 1 is 0.531 bits per heavy atom. The maximum absolute atomic E-state index is 15.6. The second kappa shape index (κ2) is 27.4. The molecule has 2 saturated heterocycles. The van der Waals surface area contributed by atoms with Crippen molar-refractivity contribution < 1.29 is 46.3 Å². The Bertz CT molecular complexity index is 2760. The molecule has 2 heterocycles. The molecular weight excluding hydrogens is 1040 g/mol. The van der Waals surface area contributed by atoms with E-state index in [4.69, 9.17) is 0 Å². The minimum Gasteiger partial charge on any atom is -0.344 e. The number of hydrogen-bond acceptors (Lipinski definition) is 7. The summed E-state index contributed by atoms with van der Waals surface area (Å²) in [4.78, 5) is 90.1. The van der Waals surface area contributed by atoms with Crippen LogP contribution in [0.15, 0.2) is 109 Å². The standard InChI is InChI=1S/C64H81F4N7O6/c1-43(2)57(76)70-55(49-21-13-7-14-22-49)61(80)74-41-63(65,66)37-53(74)39-72(35-33-45-17-9-5-10-18-45)59(78)51-29-25-47(26-30-51)48-27-31-52(32-28-48)60(79)73(36-34-46-19-11-6-12-20-46)40-54-38-64(67,68)42-75(54)62(81)56(50-23-15-8-16-24-50)71-58(77)44(3)69-4/h5-6,9-12,17-20,25-32,43-44,49-50,53-56,69H,7-8,13-16,21-24,33-42H2,1-4H3,(H,70,76)(H,71,77)/t44-,53-,54-,55-,56-/m0/s1. The molecule has 6 amide bonds. The number of halogens is 4. The monoisotopic (exact) mass is 1120 g/mol. The number of likely N-dealkylation sites (tertiary alicyclic amines) is 2. The predicted molar refractivity (Wildman–Crippen MR) is 304 cm³/mol. The van der Waals surface area contributed by atoms with Crippen LogP contribution in [0.5, 0.6) is 0 Å². The van der Waals surface area contributed by atoms with Gasteiger partial charge in [0.05, 0.1) is 31.2 Å². The summed E-state index contributed by atoms with van der Waals surface area (Å²) in [6, 6.07) is 28.2. The summed E-state index contributed by atoms with van der Waals surface area (Å²) in [5.41, 5.74) is 3.95. The third-order valence-corrected chi connectivity index (χ3v) is 17.1. The lowest BCUT2D eigenvalue weighted by molar-refractivity contribution is -0.141. The molecule has 2 aliphatic heterocycles. The quantitative estimate of drug-likeness (QED) is 0.0664. The smallest absolute Gasteiger partial charge is 0.267 e. The van der Waals surface area contributed by atoms with Crippen LogP contribution in [0.4, 0.5) is 17.6 Å². The second-order valence-corrected chi connectivity index (χ2v) is 23.4. The summed E-state index contributed by atoms with van der Waals surface area (Å²) in [5.74, 6) is -9.80. The molecule has 2 saturated carbocycles. The third kappa shape index (κ3) is 15.9. The fourth-order valence-electron chi connectivity index (χ4n) is 12.3. The number of hydrogen-bond donors (Lipinski definition) is 3. The van der Waals surface area contributed by atoms with Gasteiger partial charge < -0.3 is 35.6 Å². The van der Waals surface area contributed by atoms with Crippen molar-refractivity contribution >= 4 is 35.4 Å². The van der Waals surface area contributed by atoms with E-state index >= 15 is 17.6 Å². The molecule has 4 aromatic carbocycles. The van der Waals surface area contributed by atoms with E-state index < -0.39 is 97.5 Å². The molecule has 0 spiro atoms. The van der Waals surface area contributed by atoms with Crippen LogP contribution in [-0.4, -0.2) is 143 Å². The first kappa shape index (κ1) is 60.5. The molecule has 0 radical (unpaired) electrons. The first-order chi connectivity index (χ1) is 38.8. The number of rotatable bonds is 22. The van der Waals surface area contributed by atoms with Crippen LogP contribution >= 0.6 is 0 Å². The van der Waals surface area contributed by atoms with Crippen LogP contribution in [-0.2, 0) is 32.0 Å². The van der Waals surface area contributed by atoms with Gasteiger partial charge in [-0.25, -0.2) is 17.6 Å². The van der Waals surface area contributed by atoms with Crippen molar-refractivity contribution in [2.24, 2.45) is 17.8 Å². The lowest BCUT2D eigenvalue weighted by Crippen LogP contribution is -2.57. The molecule has 0 unspecified atom stereocenters. The van der Waals surface area contributed by atoms with E-state index in [1.165, 1.54) is 14.7 Å². The highest BCUT2D eigenvalue weighted by molar-refractivity contribution is 5.96. The second-order valence-electron chi connectivity index (χ2n) is 23.4. The summed E-state index contributed by atoms with van der Waals surface area (Å²) in [5, 5.41) is 8.73. The van der Waals surface area contributed by atoms with Gasteiger partial charge in [0.25, 0.3) is 23.7 Å². The maximum Gasteiger partial charge on any atom is 0.267 e. The topological polar surface area (TPSA) is 151 Å². The van der Waals surface area contributed by atoms with Gasteiger partial charge in [-0.1, -0.05) is 137 Å². The fraction of sp³-hybridized carbons (Fsp3) is 0.531. The van der Waals surface area contributed by atoms with Crippen molar-refractivity contribution in [1.29, 1.82) is 0 Å². The highest BCUT2D eigenvalue weighted by atomic mass is 19.3. The normalized spacial score (nSPS) is 20.3. The Morgan fingerprint density at radius 2 is 0.901 bits per heavy atom. The van der Waals surface area contributed by atoms with E-state index in [0.29, 0.717) is 49.7 Å². The van der Waals surface area contributed by atoms with Crippen LogP contribution in [0.3, 0.4) is 0 Å². The number of alkyl halides is 4. The first-order valence-electron chi connectivity index (χ1n) is 29.3. The van der Waals surface area contributed by atoms with Crippen molar-refractivity contribution in [3.05, 3.63) is 131 Å². The molecule has 17 heteroatoms. The number of amides is 6. The average Bonchev–Trinajstić information content (AvgIpc) is 4.24. The van der Waals surface area contributed by atoms with Gasteiger partial charge in [-0.2, -0.15) is 0 Å². The van der Waals surface area contributed by atoms with Gasteiger partial charge in [-0.3, -0.25) is 28.8 Å². The van der Waals surface area contributed by atoms with Crippen LogP contribution in [0.1, 0.15) is 130 Å². The van der Waals surface area contributed by atoms with Crippen molar-refractivity contribution in [2.75, 3.05) is 46.3 Å². The number of benzene rings is 4. The van der Waals surface area contributed by atoms with Crippen LogP contribution < -0.4 is 16.0 Å². The number of nitrogens with one attached hydrogen (secondary N) is 3. The van der Waals surface area contributed by atoms with E-state index in [1.54, 1.807) is 81.2 Å². The van der Waals surface area contributed by atoms with Gasteiger partial charge in [0.1, 0.15) is 12.1 Å². The SMILES string of the molecule is CN[C@@H](C)C(=O)N[C@H](C(=O)N1CC(F)(F)C[C@H]1CN(CCc1ccccc1)C(=O)c1ccc(-c2ccc(C(=O)N(CCc3ccccc3)C[C@@H]3CC(F)(F)CN3C(=O)[C@@H](NC(=O)C(C)C)C3CCCCC3)cc2)cc1)C1CCCCC1. The number of carbonyl (C=O) groups is 6. The van der Waals surface area contributed by atoms with E-state index in [0.717, 1.165) is 60.8 Å². The highest BCUT2D eigenvalue weighted by Crippen LogP contribution is 2.38. The van der Waals surface area contributed by atoms with Crippen molar-refractivity contribution in [3.63, 3.8) is 0 Å². The van der Waals surface area contributed by atoms with Crippen molar-refractivity contribution in [3.8, 4) is 11.1 Å². The van der Waals surface area contributed by atoms with Crippen LogP contribution in [0, 0.1) is 17.8 Å². The predicted octanol–water partition coefficient (Wildman–Crippen LogP) is 9.59. The minimum absolute atomic E-state index is 0.144. The number of carbonyl (C=O) groups excluding carboxylic acids is 6. The Hall–Kier alpha value is -6.62. The molecule has 2 aliphatic carbocycles. The minimum atomic E-state index is -3.21. The molecule has 3 N–H and O–H groups in total. The summed E-state index contributed by atoms with van der Waals surface area (Å²) < 4.78 is 62.4. The van der Waals surface area contributed by atoms with Gasteiger partial charge in [0, 0.05) is 56.1 Å². The van der Waals surface area contributed by atoms with Gasteiger partial charge in [0.2, 0.25) is 23.6 Å². The number of likely N-dealkylation sites (N-methyl/N-ethyl adjacent to an activating group) is 1. The zero-order valence-electron chi connectivity index (χ0n) is 47.4. The van der Waals surface area contributed by atoms with E-state index in [-0.39, 0.29) is 49.8 Å². The van der Waals surface area contributed by atoms with Crippen LogP contribution in [0.2, 0.25) is 0 Å².